The molecule has 0 bridgehead atoms. The summed E-state index contributed by atoms with van der Waals surface area (Å²) >= 11 is 3.23. The standard InChI is InChI=1S/C14H19BrN2O4/c1-3-7-16(10-14(18)21-4-2)9-11-5-6-12(15)8-13(11)17(19)20/h5-6,8H,3-4,7,9-10H2,1-2H3. The molecular formula is C14H19BrN2O4. The fourth-order valence-corrected chi connectivity index (χ4v) is 2.35. The van der Waals surface area contributed by atoms with E-state index in [0.717, 1.165) is 6.42 Å². The molecule has 0 aliphatic heterocycles. The summed E-state index contributed by atoms with van der Waals surface area (Å²) in [5, 5.41) is 11.1. The van der Waals surface area contributed by atoms with Crippen LogP contribution in [0.2, 0.25) is 0 Å². The topological polar surface area (TPSA) is 72.7 Å². The Morgan fingerprint density at radius 2 is 2.14 bits per heavy atom. The molecule has 0 amide bonds. The summed E-state index contributed by atoms with van der Waals surface area (Å²) in [5.41, 5.74) is 0.635. The largest absolute Gasteiger partial charge is 0.465 e. The Balaban J connectivity index is 2.88. The van der Waals surface area contributed by atoms with Crippen LogP contribution in [0.25, 0.3) is 0 Å². The van der Waals surface area contributed by atoms with Gasteiger partial charge in [-0.25, -0.2) is 0 Å². The van der Waals surface area contributed by atoms with Crippen LogP contribution < -0.4 is 0 Å². The molecule has 1 aromatic carbocycles. The number of esters is 1. The lowest BCUT2D eigenvalue weighted by molar-refractivity contribution is -0.385. The van der Waals surface area contributed by atoms with Gasteiger partial charge in [0.25, 0.3) is 5.69 Å². The molecule has 0 unspecified atom stereocenters. The van der Waals surface area contributed by atoms with Gasteiger partial charge in [0.05, 0.1) is 18.1 Å². The molecule has 0 spiro atoms. The quantitative estimate of drug-likeness (QED) is 0.405. The number of benzene rings is 1. The van der Waals surface area contributed by atoms with Crippen molar-refractivity contribution in [3.63, 3.8) is 0 Å². The number of hydrogen-bond donors (Lipinski definition) is 0. The molecule has 0 saturated heterocycles. The van der Waals surface area contributed by atoms with Crippen LogP contribution in [0.3, 0.4) is 0 Å². The Hall–Kier alpha value is -1.47. The molecule has 116 valence electrons. The highest BCUT2D eigenvalue weighted by atomic mass is 79.9. The minimum Gasteiger partial charge on any atom is -0.465 e. The second kappa shape index (κ2) is 8.74. The van der Waals surface area contributed by atoms with Crippen molar-refractivity contribution in [2.45, 2.75) is 26.8 Å². The molecule has 7 heteroatoms. The van der Waals surface area contributed by atoms with Crippen molar-refractivity contribution in [2.24, 2.45) is 0 Å². The van der Waals surface area contributed by atoms with Crippen molar-refractivity contribution in [1.29, 1.82) is 0 Å². The van der Waals surface area contributed by atoms with Crippen LogP contribution >= 0.6 is 15.9 Å². The number of carbonyl (C=O) groups excluding carboxylic acids is 1. The lowest BCUT2D eigenvalue weighted by Crippen LogP contribution is -2.31. The number of carbonyl (C=O) groups is 1. The van der Waals surface area contributed by atoms with Crippen molar-refractivity contribution >= 4 is 27.6 Å². The lowest BCUT2D eigenvalue weighted by atomic mass is 10.1. The van der Waals surface area contributed by atoms with E-state index >= 15 is 0 Å². The second-order valence-electron chi connectivity index (χ2n) is 4.55. The van der Waals surface area contributed by atoms with E-state index in [1.807, 2.05) is 11.8 Å². The van der Waals surface area contributed by atoms with Crippen LogP contribution in [0.5, 0.6) is 0 Å². The first-order chi connectivity index (χ1) is 9.97. The first-order valence-electron chi connectivity index (χ1n) is 6.78. The van der Waals surface area contributed by atoms with E-state index < -0.39 is 4.92 Å². The molecule has 0 aliphatic rings. The van der Waals surface area contributed by atoms with Crippen molar-refractivity contribution in [3.8, 4) is 0 Å². The van der Waals surface area contributed by atoms with E-state index in [0.29, 0.717) is 29.7 Å². The molecule has 1 rings (SSSR count). The summed E-state index contributed by atoms with van der Waals surface area (Å²) in [6.45, 7) is 5.23. The van der Waals surface area contributed by atoms with Crippen molar-refractivity contribution in [2.75, 3.05) is 19.7 Å². The predicted molar refractivity (Wildman–Crippen MR) is 83.0 cm³/mol. The van der Waals surface area contributed by atoms with E-state index in [-0.39, 0.29) is 18.2 Å². The van der Waals surface area contributed by atoms with Crippen molar-refractivity contribution < 1.29 is 14.5 Å². The zero-order valence-electron chi connectivity index (χ0n) is 12.2. The molecule has 0 aliphatic carbocycles. The van der Waals surface area contributed by atoms with E-state index in [1.54, 1.807) is 19.1 Å². The Labute approximate surface area is 132 Å². The minimum atomic E-state index is -0.408. The molecule has 6 nitrogen and oxygen atoms in total. The molecule has 21 heavy (non-hydrogen) atoms. The van der Waals surface area contributed by atoms with Gasteiger partial charge in [-0.2, -0.15) is 0 Å². The molecule has 0 N–H and O–H groups in total. The maximum atomic E-state index is 11.6. The number of nitro groups is 1. The molecule has 0 aromatic heterocycles. The highest BCUT2D eigenvalue weighted by Gasteiger charge is 2.18. The number of nitro benzene ring substituents is 1. The second-order valence-corrected chi connectivity index (χ2v) is 5.46. The summed E-state index contributed by atoms with van der Waals surface area (Å²) in [4.78, 5) is 24.1. The molecule has 0 saturated carbocycles. The monoisotopic (exact) mass is 358 g/mol. The molecule has 0 fully saturated rings. The van der Waals surface area contributed by atoms with Gasteiger partial charge in [0.1, 0.15) is 0 Å². The molecule has 1 aromatic rings. The Kier molecular flexibility index (Phi) is 7.31. The van der Waals surface area contributed by atoms with Crippen LogP contribution in [0.4, 0.5) is 5.69 Å². The van der Waals surface area contributed by atoms with Gasteiger partial charge < -0.3 is 4.74 Å². The summed E-state index contributed by atoms with van der Waals surface area (Å²) in [6, 6.07) is 4.94. The van der Waals surface area contributed by atoms with Gasteiger partial charge in [-0.05, 0) is 32.0 Å². The van der Waals surface area contributed by atoms with E-state index in [4.69, 9.17) is 4.74 Å². The first kappa shape index (κ1) is 17.6. The van der Waals surface area contributed by atoms with E-state index in [2.05, 4.69) is 15.9 Å². The average molecular weight is 359 g/mol. The normalized spacial score (nSPS) is 10.7. The van der Waals surface area contributed by atoms with Gasteiger partial charge >= 0.3 is 5.97 Å². The zero-order chi connectivity index (χ0) is 15.8. The number of hydrogen-bond acceptors (Lipinski definition) is 5. The van der Waals surface area contributed by atoms with Gasteiger partial charge in [0, 0.05) is 22.6 Å². The highest BCUT2D eigenvalue weighted by molar-refractivity contribution is 9.10. The van der Waals surface area contributed by atoms with Gasteiger partial charge in [-0.3, -0.25) is 19.8 Å². The third-order valence-electron chi connectivity index (χ3n) is 2.84. The Bertz CT molecular complexity index is 508. The number of nitrogens with zero attached hydrogens (tertiary/aromatic N) is 2. The summed E-state index contributed by atoms with van der Waals surface area (Å²) < 4.78 is 5.59. The van der Waals surface area contributed by atoms with Crippen molar-refractivity contribution in [3.05, 3.63) is 38.3 Å². The SMILES string of the molecule is CCCN(CC(=O)OCC)Cc1ccc(Br)cc1[N+](=O)[O-]. The van der Waals surface area contributed by atoms with Gasteiger partial charge in [-0.1, -0.05) is 22.9 Å². The third kappa shape index (κ3) is 5.81. The smallest absolute Gasteiger partial charge is 0.320 e. The van der Waals surface area contributed by atoms with Crippen molar-refractivity contribution in [1.82, 2.24) is 4.90 Å². The van der Waals surface area contributed by atoms with Crippen LogP contribution in [-0.4, -0.2) is 35.5 Å². The molecule has 0 atom stereocenters. The van der Waals surface area contributed by atoms with Gasteiger partial charge in [-0.15, -0.1) is 0 Å². The van der Waals surface area contributed by atoms with E-state index in [9.17, 15) is 14.9 Å². The summed E-state index contributed by atoms with van der Waals surface area (Å²) in [7, 11) is 0. The van der Waals surface area contributed by atoms with Crippen LogP contribution in [0.1, 0.15) is 25.8 Å². The number of halogens is 1. The van der Waals surface area contributed by atoms with Crippen LogP contribution in [0.15, 0.2) is 22.7 Å². The Morgan fingerprint density at radius 3 is 2.71 bits per heavy atom. The predicted octanol–water partition coefficient (Wildman–Crippen LogP) is 3.13. The maximum absolute atomic E-state index is 11.6. The Morgan fingerprint density at radius 1 is 1.43 bits per heavy atom. The summed E-state index contributed by atoms with van der Waals surface area (Å²) in [6.07, 6.45) is 0.851. The van der Waals surface area contributed by atoms with Gasteiger partial charge in [0.15, 0.2) is 0 Å². The first-order valence-corrected chi connectivity index (χ1v) is 7.58. The fourth-order valence-electron chi connectivity index (χ4n) is 2.00. The number of ether oxygens (including phenoxy) is 1. The minimum absolute atomic E-state index is 0.0503. The van der Waals surface area contributed by atoms with Crippen LogP contribution in [-0.2, 0) is 16.1 Å². The average Bonchev–Trinajstić information content (AvgIpc) is 2.41. The zero-order valence-corrected chi connectivity index (χ0v) is 13.8. The maximum Gasteiger partial charge on any atom is 0.320 e. The lowest BCUT2D eigenvalue weighted by Gasteiger charge is -2.20. The molecule has 0 heterocycles. The third-order valence-corrected chi connectivity index (χ3v) is 3.33. The van der Waals surface area contributed by atoms with E-state index in [1.165, 1.54) is 6.07 Å². The molecular weight excluding hydrogens is 340 g/mol. The van der Waals surface area contributed by atoms with Gasteiger partial charge in [0.2, 0.25) is 0 Å². The summed E-state index contributed by atoms with van der Waals surface area (Å²) in [5.74, 6) is -0.314. The highest BCUT2D eigenvalue weighted by Crippen LogP contribution is 2.24. The fraction of sp³-hybridized carbons (Fsp3) is 0.500. The molecule has 0 radical (unpaired) electrons. The number of rotatable bonds is 8. The van der Waals surface area contributed by atoms with Crippen LogP contribution in [0, 0.1) is 10.1 Å².